The summed E-state index contributed by atoms with van der Waals surface area (Å²) in [5.41, 5.74) is 0.384. The standard InChI is InChI=1S/C18H19ClN2O4/c1-18(2,3)25-17(24)21-14-9-6-12(19)10-15(14)20-16(23)11-4-7-13(22)8-5-11/h4-10,22H,1-3H3,(H,20,23)(H,21,24). The van der Waals surface area contributed by atoms with E-state index in [9.17, 15) is 14.7 Å². The molecule has 7 heteroatoms. The number of rotatable bonds is 3. The lowest BCUT2D eigenvalue weighted by molar-refractivity contribution is 0.0635. The highest BCUT2D eigenvalue weighted by Crippen LogP contribution is 2.27. The lowest BCUT2D eigenvalue weighted by atomic mass is 10.2. The summed E-state index contributed by atoms with van der Waals surface area (Å²) < 4.78 is 5.21. The number of anilines is 2. The molecule has 0 aliphatic rings. The maximum atomic E-state index is 12.3. The number of amides is 2. The van der Waals surface area contributed by atoms with Gasteiger partial charge in [-0.2, -0.15) is 0 Å². The maximum Gasteiger partial charge on any atom is 0.412 e. The lowest BCUT2D eigenvalue weighted by Gasteiger charge is -2.20. The lowest BCUT2D eigenvalue weighted by Crippen LogP contribution is -2.27. The fourth-order valence-electron chi connectivity index (χ4n) is 1.95. The van der Waals surface area contributed by atoms with Gasteiger partial charge in [0.25, 0.3) is 5.91 Å². The number of halogens is 1. The van der Waals surface area contributed by atoms with E-state index in [4.69, 9.17) is 16.3 Å². The van der Waals surface area contributed by atoms with Gasteiger partial charge in [-0.3, -0.25) is 10.1 Å². The van der Waals surface area contributed by atoms with E-state index in [-0.39, 0.29) is 5.75 Å². The van der Waals surface area contributed by atoms with Crippen LogP contribution in [-0.2, 0) is 4.74 Å². The molecular formula is C18H19ClN2O4. The molecule has 6 nitrogen and oxygen atoms in total. The van der Waals surface area contributed by atoms with Crippen LogP contribution in [0.4, 0.5) is 16.2 Å². The predicted octanol–water partition coefficient (Wildman–Crippen LogP) is 4.64. The van der Waals surface area contributed by atoms with Crippen molar-refractivity contribution >= 4 is 35.0 Å². The molecule has 0 heterocycles. The van der Waals surface area contributed by atoms with Crippen LogP contribution in [-0.4, -0.2) is 22.7 Å². The van der Waals surface area contributed by atoms with E-state index < -0.39 is 17.6 Å². The Morgan fingerprint density at radius 2 is 1.64 bits per heavy atom. The summed E-state index contributed by atoms with van der Waals surface area (Å²) in [6.45, 7) is 5.26. The number of phenolic OH excluding ortho intramolecular Hbond substituents is 1. The average Bonchev–Trinajstić information content (AvgIpc) is 2.48. The molecule has 0 atom stereocenters. The first-order valence-electron chi connectivity index (χ1n) is 7.54. The summed E-state index contributed by atoms with van der Waals surface area (Å²) in [6, 6.07) is 10.5. The van der Waals surface area contributed by atoms with E-state index >= 15 is 0 Å². The highest BCUT2D eigenvalue weighted by molar-refractivity contribution is 6.31. The van der Waals surface area contributed by atoms with Gasteiger partial charge in [0.15, 0.2) is 0 Å². The number of carbonyl (C=O) groups excluding carboxylic acids is 2. The second kappa shape index (κ2) is 7.44. The van der Waals surface area contributed by atoms with Crippen molar-refractivity contribution in [3.05, 3.63) is 53.1 Å². The van der Waals surface area contributed by atoms with Crippen molar-refractivity contribution in [1.82, 2.24) is 0 Å². The quantitative estimate of drug-likeness (QED) is 0.741. The van der Waals surface area contributed by atoms with Crippen LogP contribution in [0.1, 0.15) is 31.1 Å². The van der Waals surface area contributed by atoms with Crippen LogP contribution in [0.5, 0.6) is 5.75 Å². The fourth-order valence-corrected chi connectivity index (χ4v) is 2.12. The summed E-state index contributed by atoms with van der Waals surface area (Å²) in [5.74, 6) is -0.346. The molecule has 0 unspecified atom stereocenters. The second-order valence-electron chi connectivity index (χ2n) is 6.32. The molecule has 2 rings (SSSR count). The van der Waals surface area contributed by atoms with Crippen LogP contribution in [0.3, 0.4) is 0 Å². The molecule has 0 aliphatic heterocycles. The number of carbonyl (C=O) groups is 2. The molecule has 25 heavy (non-hydrogen) atoms. The number of nitrogens with one attached hydrogen (secondary N) is 2. The van der Waals surface area contributed by atoms with Crippen molar-refractivity contribution in [2.75, 3.05) is 10.6 Å². The van der Waals surface area contributed by atoms with Gasteiger partial charge in [0, 0.05) is 10.6 Å². The van der Waals surface area contributed by atoms with Gasteiger partial charge in [0.2, 0.25) is 0 Å². The van der Waals surface area contributed by atoms with Crippen molar-refractivity contribution < 1.29 is 19.4 Å². The molecule has 2 amide bonds. The van der Waals surface area contributed by atoms with Gasteiger partial charge in [-0.15, -0.1) is 0 Å². The Kier molecular flexibility index (Phi) is 5.54. The number of hydrogen-bond acceptors (Lipinski definition) is 4. The minimum Gasteiger partial charge on any atom is -0.508 e. The Morgan fingerprint density at radius 3 is 2.24 bits per heavy atom. The number of hydrogen-bond donors (Lipinski definition) is 3. The first-order chi connectivity index (χ1) is 11.6. The zero-order valence-corrected chi connectivity index (χ0v) is 14.8. The Morgan fingerprint density at radius 1 is 1.00 bits per heavy atom. The molecule has 0 saturated carbocycles. The number of aromatic hydroxyl groups is 1. The van der Waals surface area contributed by atoms with E-state index in [1.807, 2.05) is 0 Å². The van der Waals surface area contributed by atoms with Gasteiger partial charge in [0.05, 0.1) is 11.4 Å². The van der Waals surface area contributed by atoms with Crippen molar-refractivity contribution in [3.8, 4) is 5.75 Å². The third kappa shape index (κ3) is 5.69. The van der Waals surface area contributed by atoms with Gasteiger partial charge in [0.1, 0.15) is 11.4 Å². The summed E-state index contributed by atoms with van der Waals surface area (Å²) in [5, 5.41) is 15.0. The summed E-state index contributed by atoms with van der Waals surface area (Å²) in [6.07, 6.45) is -0.644. The normalized spacial score (nSPS) is 10.9. The van der Waals surface area contributed by atoms with E-state index in [0.29, 0.717) is 22.0 Å². The molecule has 3 N–H and O–H groups in total. The van der Waals surface area contributed by atoms with Crippen molar-refractivity contribution in [2.24, 2.45) is 0 Å². The largest absolute Gasteiger partial charge is 0.508 e. The molecule has 0 spiro atoms. The van der Waals surface area contributed by atoms with E-state index in [1.54, 1.807) is 32.9 Å². The Bertz CT molecular complexity index is 783. The highest BCUT2D eigenvalue weighted by atomic mass is 35.5. The van der Waals surface area contributed by atoms with Crippen molar-refractivity contribution in [2.45, 2.75) is 26.4 Å². The van der Waals surface area contributed by atoms with Gasteiger partial charge < -0.3 is 15.2 Å². The molecule has 0 fully saturated rings. The molecular weight excluding hydrogens is 344 g/mol. The monoisotopic (exact) mass is 362 g/mol. The fraction of sp³-hybridized carbons (Fsp3) is 0.222. The topological polar surface area (TPSA) is 87.7 Å². The number of ether oxygens (including phenoxy) is 1. The highest BCUT2D eigenvalue weighted by Gasteiger charge is 2.18. The summed E-state index contributed by atoms with van der Waals surface area (Å²) >= 11 is 5.98. The molecule has 0 bridgehead atoms. The molecule has 0 aromatic heterocycles. The van der Waals surface area contributed by atoms with E-state index in [2.05, 4.69) is 10.6 Å². The Balaban J connectivity index is 2.19. The predicted molar refractivity (Wildman–Crippen MR) is 97.4 cm³/mol. The molecule has 2 aromatic carbocycles. The Hall–Kier alpha value is -2.73. The van der Waals surface area contributed by atoms with Gasteiger partial charge in [-0.05, 0) is 63.2 Å². The molecule has 0 saturated heterocycles. The summed E-state index contributed by atoms with van der Waals surface area (Å²) in [7, 11) is 0. The third-order valence-electron chi connectivity index (χ3n) is 2.99. The maximum absolute atomic E-state index is 12.3. The smallest absolute Gasteiger partial charge is 0.412 e. The van der Waals surface area contributed by atoms with Gasteiger partial charge in [-0.25, -0.2) is 4.79 Å². The molecule has 2 aromatic rings. The third-order valence-corrected chi connectivity index (χ3v) is 3.23. The van der Waals surface area contributed by atoms with Crippen LogP contribution in [0, 0.1) is 0 Å². The van der Waals surface area contributed by atoms with Crippen LogP contribution in [0.25, 0.3) is 0 Å². The van der Waals surface area contributed by atoms with E-state index in [1.165, 1.54) is 30.3 Å². The van der Waals surface area contributed by atoms with Crippen molar-refractivity contribution in [1.29, 1.82) is 0 Å². The minimum absolute atomic E-state index is 0.0617. The minimum atomic E-state index is -0.647. The number of benzene rings is 2. The van der Waals surface area contributed by atoms with Gasteiger partial charge in [-0.1, -0.05) is 11.6 Å². The average molecular weight is 363 g/mol. The first-order valence-corrected chi connectivity index (χ1v) is 7.92. The van der Waals surface area contributed by atoms with Crippen molar-refractivity contribution in [3.63, 3.8) is 0 Å². The first kappa shape index (κ1) is 18.6. The SMILES string of the molecule is CC(C)(C)OC(=O)Nc1ccc(Cl)cc1NC(=O)c1ccc(O)cc1. The molecule has 0 radical (unpaired) electrons. The van der Waals surface area contributed by atoms with Crippen LogP contribution < -0.4 is 10.6 Å². The van der Waals surface area contributed by atoms with Crippen LogP contribution >= 0.6 is 11.6 Å². The molecule has 0 aliphatic carbocycles. The van der Waals surface area contributed by atoms with Crippen LogP contribution in [0.2, 0.25) is 5.02 Å². The second-order valence-corrected chi connectivity index (χ2v) is 6.75. The zero-order valence-electron chi connectivity index (χ0n) is 14.1. The Labute approximate surface area is 150 Å². The van der Waals surface area contributed by atoms with Crippen LogP contribution in [0.15, 0.2) is 42.5 Å². The molecule has 132 valence electrons. The number of phenols is 1. The van der Waals surface area contributed by atoms with E-state index in [0.717, 1.165) is 0 Å². The summed E-state index contributed by atoms with van der Waals surface area (Å²) in [4.78, 5) is 24.3. The van der Waals surface area contributed by atoms with Gasteiger partial charge >= 0.3 is 6.09 Å². The zero-order chi connectivity index (χ0) is 18.6.